The summed E-state index contributed by atoms with van der Waals surface area (Å²) in [5, 5.41) is 37.9. The molecule has 32 N–H and O–H groups in total. The minimum atomic E-state index is -1.61. The maximum absolute atomic E-state index is 14.4. The Morgan fingerprint density at radius 2 is 0.840 bits per heavy atom. The van der Waals surface area contributed by atoms with Crippen molar-refractivity contribution >= 4 is 71.5 Å². The van der Waals surface area contributed by atoms with E-state index in [2.05, 4.69) is 63.7 Å². The number of aliphatic hydroxyl groups excluding tert-OH is 1. The van der Waals surface area contributed by atoms with E-state index in [-0.39, 0.29) is 101 Å². The number of aldehydes is 1. The van der Waals surface area contributed by atoms with Crippen molar-refractivity contribution in [2.45, 2.75) is 172 Å². The fourth-order valence-electron chi connectivity index (χ4n) is 7.27. The summed E-state index contributed by atoms with van der Waals surface area (Å²) in [6.07, 6.45) is 1.64. The highest BCUT2D eigenvalue weighted by Crippen LogP contribution is 2.11. The lowest BCUT2D eigenvalue weighted by molar-refractivity contribution is -0.460. The molecule has 0 spiro atoms. The van der Waals surface area contributed by atoms with E-state index >= 15 is 0 Å². The number of carboxylic acid groups (broad SMARTS) is 1. The average molecular weight is 1080 g/mol. The minimum Gasteiger partial charge on any atom is -0.481 e. The van der Waals surface area contributed by atoms with Crippen molar-refractivity contribution in [3.8, 4) is 0 Å². The van der Waals surface area contributed by atoms with Crippen LogP contribution in [-0.2, 0) is 43.2 Å². The zero-order valence-electron chi connectivity index (χ0n) is 44.0. The van der Waals surface area contributed by atoms with Crippen molar-refractivity contribution in [3.05, 3.63) is 0 Å². The maximum Gasteiger partial charge on any atom is 0.338 e. The molecule has 30 nitrogen and oxygen atoms in total. The topological polar surface area (TPSA) is 558 Å². The maximum atomic E-state index is 14.4. The smallest absolute Gasteiger partial charge is 0.338 e. The number of nitrogens with one attached hydrogen (secondary N) is 10. The molecule has 0 saturated heterocycles. The van der Waals surface area contributed by atoms with Crippen LogP contribution in [0.5, 0.6) is 0 Å². The van der Waals surface area contributed by atoms with Gasteiger partial charge in [-0.2, -0.15) is 0 Å². The molecule has 428 valence electrons. The fourth-order valence-corrected chi connectivity index (χ4v) is 7.27. The molecule has 0 aromatic heterocycles. The van der Waals surface area contributed by atoms with E-state index in [1.54, 1.807) is 6.92 Å². The first-order valence-electron chi connectivity index (χ1n) is 25.6. The number of hydrogen-bond donors (Lipinski definition) is 21. The molecule has 0 fully saturated rings. The van der Waals surface area contributed by atoms with Crippen LogP contribution in [0.15, 0.2) is 0 Å². The molecule has 0 aliphatic rings. The molecule has 0 rings (SSSR count). The molecule has 0 aromatic rings. The molecule has 30 heteroatoms. The number of aliphatic carboxylic acids is 1. The van der Waals surface area contributed by atoms with Crippen molar-refractivity contribution < 1.29 is 79.8 Å². The lowest BCUT2D eigenvalue weighted by Crippen LogP contribution is -2.78. The van der Waals surface area contributed by atoms with Crippen LogP contribution in [0.1, 0.15) is 117 Å². The Bertz CT molecular complexity index is 1890. The number of nitrogens with two attached hydrogens (primary N) is 7. The average Bonchev–Trinajstić information content (AvgIpc) is 3.34. The van der Waals surface area contributed by atoms with Crippen LogP contribution in [0, 0.1) is 5.92 Å². The van der Waals surface area contributed by atoms with E-state index in [1.165, 1.54) is 6.92 Å². The van der Waals surface area contributed by atoms with Gasteiger partial charge in [0.1, 0.15) is 42.5 Å². The summed E-state index contributed by atoms with van der Waals surface area (Å²) in [5.41, 5.74) is 46.9. The Labute approximate surface area is 437 Å². The predicted octanol–water partition coefficient (Wildman–Crippen LogP) is -13.6. The largest absolute Gasteiger partial charge is 0.481 e. The molecule has 0 bridgehead atoms. The van der Waals surface area contributed by atoms with Crippen molar-refractivity contribution in [2.75, 3.05) is 32.7 Å². The van der Waals surface area contributed by atoms with Crippen LogP contribution in [0.3, 0.4) is 0 Å². The molecule has 10 atom stereocenters. The van der Waals surface area contributed by atoms with Gasteiger partial charge in [0, 0.05) is 6.42 Å². The zero-order chi connectivity index (χ0) is 57.0. The first-order valence-corrected chi connectivity index (χ1v) is 25.6. The predicted molar refractivity (Wildman–Crippen MR) is 274 cm³/mol. The van der Waals surface area contributed by atoms with Gasteiger partial charge in [0.15, 0.2) is 0 Å². The van der Waals surface area contributed by atoms with Gasteiger partial charge < -0.3 is 69.4 Å². The second kappa shape index (κ2) is 38.6. The van der Waals surface area contributed by atoms with Gasteiger partial charge in [0.05, 0.1) is 50.9 Å². The van der Waals surface area contributed by atoms with E-state index in [9.17, 15) is 48.3 Å². The van der Waals surface area contributed by atoms with Crippen molar-refractivity contribution in [1.82, 2.24) is 37.2 Å². The van der Waals surface area contributed by atoms with Crippen molar-refractivity contribution in [3.63, 3.8) is 0 Å². The van der Waals surface area contributed by atoms with E-state index in [0.717, 1.165) is 0 Å². The summed E-state index contributed by atoms with van der Waals surface area (Å²) in [4.78, 5) is 129. The zero-order valence-corrected chi connectivity index (χ0v) is 44.0. The Kier molecular flexibility index (Phi) is 35.1. The quantitative estimate of drug-likeness (QED) is 0.0117. The summed E-state index contributed by atoms with van der Waals surface area (Å²) in [7, 11) is 0. The Morgan fingerprint density at radius 3 is 1.13 bits per heavy atom. The number of carbonyl (C=O) groups excluding carboxylic acids is 8. The first-order chi connectivity index (χ1) is 35.4. The number of aliphatic hydroxyl groups is 1. The van der Waals surface area contributed by atoms with Crippen molar-refractivity contribution in [2.24, 2.45) is 46.1 Å². The number of amides is 7. The molecule has 7 amide bonds. The molecule has 0 aromatic carbocycles. The van der Waals surface area contributed by atoms with Crippen LogP contribution in [0.4, 0.5) is 0 Å². The van der Waals surface area contributed by atoms with E-state index < -0.39 is 108 Å². The molecule has 0 aliphatic heterocycles. The number of hydrogen-bond acceptors (Lipinski definition) is 11. The standard InChI is InChI=1S/C45H87N19O11/c1-4-25(2)33(24-65)63-41(74)32(16-11-23-57-45(53)54)61-40(73)31(15-10-22-56-44(51)52)60-39(72)30(14-9-21-55-43(49)50)59-37(70)28(12-5-7-19-46)58-38(71)29(13-6-8-20-47)62-42(75)35(26(3)66)64-36(69)27(48)17-18-34(67)68/h24-33,35,66H,4-23,46-48H2,1-3H3,(H,58,71)(H,59,70)(H,60,72)(H,61,73)(H,62,75)(H,63,74)(H,64,69)(H,67,68)(H4,49,50,55)(H4,51,52,56)(H4,53,54,57)/p+5/t25-,26+,27-,28-,29-,30-,31-,32-,33+,35-/m0/s1. The second-order valence-electron chi connectivity index (χ2n) is 18.4. The number of unbranched alkanes of at least 4 members (excludes halogenated alkanes) is 2. The summed E-state index contributed by atoms with van der Waals surface area (Å²) in [5.74, 6) is -7.42. The third-order valence-corrected chi connectivity index (χ3v) is 11.9. The Balaban J connectivity index is 7.04. The third-order valence-electron chi connectivity index (χ3n) is 11.9. The summed E-state index contributed by atoms with van der Waals surface area (Å²) < 4.78 is 0. The van der Waals surface area contributed by atoms with Gasteiger partial charge in [-0.15, -0.1) is 0 Å². The lowest BCUT2D eigenvalue weighted by atomic mass is 9.99. The molecule has 0 heterocycles. The molecule has 0 radical (unpaired) electrons. The number of guanidine groups is 3. The van der Waals surface area contributed by atoms with Gasteiger partial charge in [0.25, 0.3) is 0 Å². The number of carbonyl (C=O) groups is 9. The number of quaternary nitrogens is 2. The van der Waals surface area contributed by atoms with E-state index in [1.807, 2.05) is 6.92 Å². The SMILES string of the molecule is CC[C@H](C)[C@@H](C=O)NC(=O)[C@H](CCC[NH+]=C(N)N)NC(=O)[C@H](CCC[NH+]=C(N)N)NC(=O)[C@H](CCC[NH+]=C(N)N)NC(=O)[C@H](CCCC[NH3+])NC(=O)[C@H](CCCC[NH3+])NC(=O)[C@@H](NC(=O)[C@@H](N)CCC(=O)O)[C@@H](C)O. The minimum absolute atomic E-state index is 0.0286. The highest BCUT2D eigenvalue weighted by molar-refractivity contribution is 5.97. The molecular weight excluding hydrogens is 983 g/mol. The molecule has 0 aliphatic carbocycles. The van der Waals surface area contributed by atoms with Gasteiger partial charge >= 0.3 is 23.8 Å². The van der Waals surface area contributed by atoms with E-state index in [0.29, 0.717) is 51.5 Å². The summed E-state index contributed by atoms with van der Waals surface area (Å²) in [6, 6.07) is -10.3. The Morgan fingerprint density at radius 1 is 0.507 bits per heavy atom. The summed E-state index contributed by atoms with van der Waals surface area (Å²) >= 11 is 0. The number of rotatable bonds is 41. The highest BCUT2D eigenvalue weighted by atomic mass is 16.4. The second-order valence-corrected chi connectivity index (χ2v) is 18.4. The molecule has 0 unspecified atom stereocenters. The number of carboxylic acids is 1. The van der Waals surface area contributed by atoms with Crippen LogP contribution in [0.25, 0.3) is 0 Å². The van der Waals surface area contributed by atoms with Gasteiger partial charge in [-0.05, 0) is 96.3 Å². The lowest BCUT2D eigenvalue weighted by Gasteiger charge is -2.28. The molecule has 75 heavy (non-hydrogen) atoms. The molecular formula is C45H92N19O11+5. The molecule has 0 saturated carbocycles. The van der Waals surface area contributed by atoms with Crippen LogP contribution >= 0.6 is 0 Å². The highest BCUT2D eigenvalue weighted by Gasteiger charge is 2.35. The van der Waals surface area contributed by atoms with Crippen LogP contribution in [0.2, 0.25) is 0 Å². The fraction of sp³-hybridized carbons (Fsp3) is 0.733. The monoisotopic (exact) mass is 1070 g/mol. The van der Waals surface area contributed by atoms with Crippen molar-refractivity contribution in [1.29, 1.82) is 0 Å². The Hall–Kier alpha value is -6.92. The summed E-state index contributed by atoms with van der Waals surface area (Å²) in [6.45, 7) is 6.41. The van der Waals surface area contributed by atoms with Gasteiger partial charge in [-0.25, -0.2) is 0 Å². The third kappa shape index (κ3) is 30.1. The van der Waals surface area contributed by atoms with Gasteiger partial charge in [-0.1, -0.05) is 20.3 Å². The first kappa shape index (κ1) is 68.1. The van der Waals surface area contributed by atoms with Gasteiger partial charge in [0.2, 0.25) is 41.4 Å². The van der Waals surface area contributed by atoms with Gasteiger partial charge in [-0.3, -0.25) is 87.7 Å². The van der Waals surface area contributed by atoms with Crippen LogP contribution in [-0.4, -0.2) is 169 Å². The van der Waals surface area contributed by atoms with Crippen LogP contribution < -0.4 is 104 Å². The normalized spacial score (nSPS) is 14.9. The van der Waals surface area contributed by atoms with E-state index in [4.69, 9.17) is 45.2 Å².